The molecule has 0 radical (unpaired) electrons. The minimum absolute atomic E-state index is 0.144. The van der Waals surface area contributed by atoms with Crippen molar-refractivity contribution in [3.8, 4) is 0 Å². The number of esters is 1. The van der Waals surface area contributed by atoms with E-state index in [9.17, 15) is 4.79 Å². The zero-order chi connectivity index (χ0) is 23.9. The first-order valence-electron chi connectivity index (χ1n) is 11.3. The second-order valence-electron chi connectivity index (χ2n) is 7.98. The maximum atomic E-state index is 13.9. The van der Waals surface area contributed by atoms with Crippen molar-refractivity contribution >= 4 is 39.1 Å². The van der Waals surface area contributed by atoms with Crippen molar-refractivity contribution in [2.45, 2.75) is 19.4 Å². The van der Waals surface area contributed by atoms with Crippen LogP contribution in [0.2, 0.25) is 0 Å². The van der Waals surface area contributed by atoms with Gasteiger partial charge < -0.3 is 0 Å². The van der Waals surface area contributed by atoms with E-state index in [1.54, 1.807) is 0 Å². The molecule has 0 aromatic heterocycles. The van der Waals surface area contributed by atoms with Crippen LogP contribution in [-0.4, -0.2) is 18.4 Å². The van der Waals surface area contributed by atoms with Gasteiger partial charge in [0, 0.05) is 0 Å². The van der Waals surface area contributed by atoms with E-state index in [0.717, 1.165) is 21.5 Å². The van der Waals surface area contributed by atoms with E-state index < -0.39 is 17.8 Å². The van der Waals surface area contributed by atoms with Gasteiger partial charge in [-0.1, -0.05) is 0 Å². The Morgan fingerprint density at radius 1 is 0.706 bits per heavy atom. The molecule has 0 saturated carbocycles. The van der Waals surface area contributed by atoms with E-state index in [1.165, 1.54) is 0 Å². The SMILES string of the molecule is CCOC(C(=O)OCc1ccccc1)P(Cl)(c1ccccc1)(c1ccccc1)c1ccccc1. The third-order valence-electron chi connectivity index (χ3n) is 5.97. The van der Waals surface area contributed by atoms with Crippen LogP contribution < -0.4 is 15.9 Å². The second-order valence-corrected chi connectivity index (χ2v) is 14.3. The molecule has 0 bridgehead atoms. The number of halogens is 1. The Balaban J connectivity index is 1.96. The number of carbonyl (C=O) groups excluding carboxylic acids is 1. The van der Waals surface area contributed by atoms with Crippen LogP contribution in [0.5, 0.6) is 0 Å². The average molecular weight is 491 g/mol. The van der Waals surface area contributed by atoms with Crippen LogP contribution in [0.4, 0.5) is 0 Å². The number of ether oxygens (including phenoxy) is 2. The molecule has 34 heavy (non-hydrogen) atoms. The van der Waals surface area contributed by atoms with Gasteiger partial charge in [0.2, 0.25) is 0 Å². The third kappa shape index (κ3) is 4.28. The van der Waals surface area contributed by atoms with Crippen LogP contribution in [0.15, 0.2) is 121 Å². The molecule has 0 saturated heterocycles. The average Bonchev–Trinajstić information content (AvgIpc) is 2.92. The molecule has 4 aromatic carbocycles. The van der Waals surface area contributed by atoms with Gasteiger partial charge in [-0.2, -0.15) is 0 Å². The summed E-state index contributed by atoms with van der Waals surface area (Å²) >= 11 is 8.10. The molecule has 0 spiro atoms. The molecular weight excluding hydrogens is 463 g/mol. The van der Waals surface area contributed by atoms with Crippen LogP contribution >= 0.6 is 17.2 Å². The molecule has 1 unspecified atom stereocenters. The molecule has 174 valence electrons. The first-order valence-corrected chi connectivity index (χ1v) is 14.5. The number of rotatable bonds is 9. The van der Waals surface area contributed by atoms with Crippen molar-refractivity contribution in [1.29, 1.82) is 0 Å². The Bertz CT molecular complexity index is 1100. The summed E-state index contributed by atoms with van der Waals surface area (Å²) in [5.41, 5.74) is 0.903. The van der Waals surface area contributed by atoms with Crippen molar-refractivity contribution < 1.29 is 14.3 Å². The number of hydrogen-bond acceptors (Lipinski definition) is 3. The summed E-state index contributed by atoms with van der Waals surface area (Å²) < 4.78 is 12.1. The van der Waals surface area contributed by atoms with Crippen molar-refractivity contribution in [3.63, 3.8) is 0 Å². The van der Waals surface area contributed by atoms with Gasteiger partial charge >= 0.3 is 206 Å². The summed E-state index contributed by atoms with van der Waals surface area (Å²) in [6.45, 7) is 2.32. The van der Waals surface area contributed by atoms with Crippen molar-refractivity contribution in [3.05, 3.63) is 127 Å². The Labute approximate surface area is 206 Å². The monoisotopic (exact) mass is 490 g/mol. The third-order valence-corrected chi connectivity index (χ3v) is 13.4. The van der Waals surface area contributed by atoms with Crippen molar-refractivity contribution in [2.24, 2.45) is 0 Å². The van der Waals surface area contributed by atoms with Crippen LogP contribution in [-0.2, 0) is 20.9 Å². The molecule has 5 heteroatoms. The number of carbonyl (C=O) groups is 1. The van der Waals surface area contributed by atoms with Gasteiger partial charge in [0.25, 0.3) is 0 Å². The Morgan fingerprint density at radius 2 is 1.09 bits per heavy atom. The predicted octanol–water partition coefficient (Wildman–Crippen LogP) is 5.78. The fourth-order valence-corrected chi connectivity index (χ4v) is 10.7. The van der Waals surface area contributed by atoms with Crippen LogP contribution in [0, 0.1) is 0 Å². The van der Waals surface area contributed by atoms with Gasteiger partial charge in [-0.15, -0.1) is 0 Å². The molecule has 0 aliphatic rings. The quantitative estimate of drug-likeness (QED) is 0.220. The Kier molecular flexibility index (Phi) is 7.48. The first-order chi connectivity index (χ1) is 16.6. The molecule has 0 fully saturated rings. The zero-order valence-corrected chi connectivity index (χ0v) is 20.7. The van der Waals surface area contributed by atoms with Crippen LogP contribution in [0.3, 0.4) is 0 Å². The van der Waals surface area contributed by atoms with Gasteiger partial charge in [0.1, 0.15) is 0 Å². The van der Waals surface area contributed by atoms with Crippen LogP contribution in [0.1, 0.15) is 12.5 Å². The van der Waals surface area contributed by atoms with Gasteiger partial charge in [-0.3, -0.25) is 0 Å². The molecule has 0 aliphatic carbocycles. The molecule has 0 heterocycles. The number of hydrogen-bond donors (Lipinski definition) is 0. The van der Waals surface area contributed by atoms with E-state index in [0.29, 0.717) is 6.61 Å². The van der Waals surface area contributed by atoms with Crippen LogP contribution in [0.25, 0.3) is 0 Å². The predicted molar refractivity (Wildman–Crippen MR) is 143 cm³/mol. The molecule has 0 N–H and O–H groups in total. The molecule has 0 amide bonds. The topological polar surface area (TPSA) is 35.5 Å². The minimum atomic E-state index is -4.03. The van der Waals surface area contributed by atoms with Crippen molar-refractivity contribution in [1.82, 2.24) is 0 Å². The molecule has 4 aromatic rings. The summed E-state index contributed by atoms with van der Waals surface area (Å²) in [6, 6.07) is 39.1. The molecule has 4 rings (SSSR count). The molecule has 3 nitrogen and oxygen atoms in total. The summed E-state index contributed by atoms with van der Waals surface area (Å²) in [5, 5.41) is 2.55. The second kappa shape index (κ2) is 10.5. The summed E-state index contributed by atoms with van der Waals surface area (Å²) in [7, 11) is 0. The van der Waals surface area contributed by atoms with Crippen molar-refractivity contribution in [2.75, 3.05) is 6.61 Å². The Hall–Kier alpha value is -2.97. The number of benzene rings is 4. The fraction of sp³-hybridized carbons (Fsp3) is 0.138. The van der Waals surface area contributed by atoms with Gasteiger partial charge in [-0.25, -0.2) is 0 Å². The van der Waals surface area contributed by atoms with Gasteiger partial charge in [0.05, 0.1) is 0 Å². The standard InChI is InChI=1S/C29H28ClO3P/c1-2-32-29(28(31)33-23-24-15-7-3-8-16-24)34(30,25-17-9-4-10-18-25,26-19-11-5-12-20-26)27-21-13-6-14-22-27/h3-22,29H,2,23H2,1H3. The van der Waals surface area contributed by atoms with E-state index in [4.69, 9.17) is 20.7 Å². The fourth-order valence-electron chi connectivity index (χ4n) is 4.38. The molecule has 1 atom stereocenters. The summed E-state index contributed by atoms with van der Waals surface area (Å²) in [6.07, 6.45) is 0. The molecular formula is C29H28ClO3P. The van der Waals surface area contributed by atoms with E-state index in [-0.39, 0.29) is 6.61 Å². The molecule has 0 aliphatic heterocycles. The zero-order valence-electron chi connectivity index (χ0n) is 19.1. The van der Waals surface area contributed by atoms with E-state index in [1.807, 2.05) is 128 Å². The maximum absolute atomic E-state index is 13.9. The Morgan fingerprint density at radius 3 is 1.47 bits per heavy atom. The summed E-state index contributed by atoms with van der Waals surface area (Å²) in [4.78, 5) is 13.9. The normalized spacial score (nSPS) is 13.4. The first kappa shape index (κ1) is 24.2. The van der Waals surface area contributed by atoms with E-state index in [2.05, 4.69) is 0 Å². The van der Waals surface area contributed by atoms with Gasteiger partial charge in [-0.05, 0) is 0 Å². The van der Waals surface area contributed by atoms with E-state index >= 15 is 0 Å². The van der Waals surface area contributed by atoms with Gasteiger partial charge in [0.15, 0.2) is 0 Å². The summed E-state index contributed by atoms with van der Waals surface area (Å²) in [5.74, 6) is -5.54.